The highest BCUT2D eigenvalue weighted by molar-refractivity contribution is 6.01. The van der Waals surface area contributed by atoms with E-state index in [1.807, 2.05) is 35.2 Å². The van der Waals surface area contributed by atoms with Crippen LogP contribution in [-0.4, -0.2) is 41.5 Å². The fourth-order valence-corrected chi connectivity index (χ4v) is 4.03. The third-order valence-corrected chi connectivity index (χ3v) is 5.43. The van der Waals surface area contributed by atoms with Gasteiger partial charge in [0.15, 0.2) is 0 Å². The number of anilines is 1. The molecule has 1 atom stereocenters. The summed E-state index contributed by atoms with van der Waals surface area (Å²) in [5, 5.41) is 3.70. The van der Waals surface area contributed by atoms with Gasteiger partial charge in [0.1, 0.15) is 11.3 Å². The summed E-state index contributed by atoms with van der Waals surface area (Å²) in [5.41, 5.74) is 0.958. The lowest BCUT2D eigenvalue weighted by atomic mass is 9.78. The first-order chi connectivity index (χ1) is 12.1. The van der Waals surface area contributed by atoms with Gasteiger partial charge in [-0.3, -0.25) is 9.59 Å². The standard InChI is InChI=1S/C19H21N3O3/c1-14-16(12-20-25-14)17(23)21-10-5-8-19(13-21)9-11-22(18(19)24)15-6-3-2-4-7-15/h2-4,6-7,12H,5,8-11,13H2,1H3. The maximum absolute atomic E-state index is 13.2. The Morgan fingerprint density at radius 2 is 2.00 bits per heavy atom. The Balaban J connectivity index is 1.56. The van der Waals surface area contributed by atoms with Gasteiger partial charge >= 0.3 is 0 Å². The molecule has 0 aliphatic carbocycles. The molecule has 0 radical (unpaired) electrons. The molecule has 2 aliphatic rings. The molecule has 1 spiro atoms. The number of hydrogen-bond donors (Lipinski definition) is 0. The summed E-state index contributed by atoms with van der Waals surface area (Å²) >= 11 is 0. The minimum absolute atomic E-state index is 0.0937. The lowest BCUT2D eigenvalue weighted by Gasteiger charge is -2.39. The molecule has 0 saturated carbocycles. The highest BCUT2D eigenvalue weighted by Gasteiger charge is 2.50. The number of hydrogen-bond acceptors (Lipinski definition) is 4. The van der Waals surface area contributed by atoms with Crippen LogP contribution in [0.5, 0.6) is 0 Å². The summed E-state index contributed by atoms with van der Waals surface area (Å²) in [4.78, 5) is 29.6. The van der Waals surface area contributed by atoms with Crippen LogP contribution in [0.15, 0.2) is 41.1 Å². The number of carbonyl (C=O) groups excluding carboxylic acids is 2. The maximum Gasteiger partial charge on any atom is 0.259 e. The molecule has 2 fully saturated rings. The topological polar surface area (TPSA) is 66.7 Å². The van der Waals surface area contributed by atoms with E-state index in [1.165, 1.54) is 6.20 Å². The molecule has 6 heteroatoms. The Labute approximate surface area is 146 Å². The van der Waals surface area contributed by atoms with Crippen LogP contribution >= 0.6 is 0 Å². The second-order valence-electron chi connectivity index (χ2n) is 6.95. The van der Waals surface area contributed by atoms with Crippen molar-refractivity contribution in [2.75, 3.05) is 24.5 Å². The highest BCUT2D eigenvalue weighted by atomic mass is 16.5. The lowest BCUT2D eigenvalue weighted by molar-refractivity contribution is -0.127. The summed E-state index contributed by atoms with van der Waals surface area (Å²) in [7, 11) is 0. The van der Waals surface area contributed by atoms with Crippen molar-refractivity contribution in [2.24, 2.45) is 5.41 Å². The third kappa shape index (κ3) is 2.62. The first kappa shape index (κ1) is 15.9. The van der Waals surface area contributed by atoms with Crippen molar-refractivity contribution in [1.29, 1.82) is 0 Å². The molecule has 2 saturated heterocycles. The number of aryl methyl sites for hydroxylation is 1. The van der Waals surface area contributed by atoms with Crippen molar-refractivity contribution in [3.8, 4) is 0 Å². The molecule has 3 heterocycles. The van der Waals surface area contributed by atoms with Crippen LogP contribution < -0.4 is 4.90 Å². The van der Waals surface area contributed by atoms with Crippen molar-refractivity contribution in [3.05, 3.63) is 47.9 Å². The van der Waals surface area contributed by atoms with E-state index < -0.39 is 5.41 Å². The summed E-state index contributed by atoms with van der Waals surface area (Å²) in [5.74, 6) is 0.565. The molecule has 4 rings (SSSR count). The van der Waals surface area contributed by atoms with Crippen LogP contribution in [0.4, 0.5) is 5.69 Å². The van der Waals surface area contributed by atoms with E-state index in [0.29, 0.717) is 31.0 Å². The molecular formula is C19H21N3O3. The molecule has 6 nitrogen and oxygen atoms in total. The van der Waals surface area contributed by atoms with E-state index in [4.69, 9.17) is 4.52 Å². The van der Waals surface area contributed by atoms with E-state index in [2.05, 4.69) is 5.16 Å². The molecule has 130 valence electrons. The van der Waals surface area contributed by atoms with Crippen molar-refractivity contribution in [2.45, 2.75) is 26.2 Å². The molecule has 1 unspecified atom stereocenters. The summed E-state index contributed by atoms with van der Waals surface area (Å²) in [6.45, 7) is 3.58. The fourth-order valence-electron chi connectivity index (χ4n) is 4.03. The number of piperidine rings is 1. The van der Waals surface area contributed by atoms with Crippen molar-refractivity contribution < 1.29 is 14.1 Å². The fraction of sp³-hybridized carbons (Fsp3) is 0.421. The van der Waals surface area contributed by atoms with Crippen LogP contribution in [0.1, 0.15) is 35.4 Å². The minimum Gasteiger partial charge on any atom is -0.361 e. The second kappa shape index (κ2) is 6.02. The number of carbonyl (C=O) groups is 2. The van der Waals surface area contributed by atoms with Gasteiger partial charge in [-0.1, -0.05) is 23.4 Å². The molecule has 1 aromatic heterocycles. The zero-order valence-electron chi connectivity index (χ0n) is 14.3. The Bertz CT molecular complexity index is 801. The maximum atomic E-state index is 13.2. The van der Waals surface area contributed by atoms with Crippen LogP contribution in [0, 0.1) is 12.3 Å². The Kier molecular flexibility index (Phi) is 3.82. The average molecular weight is 339 g/mol. The predicted molar refractivity (Wildman–Crippen MR) is 92.2 cm³/mol. The van der Waals surface area contributed by atoms with Gasteiger partial charge < -0.3 is 14.3 Å². The molecular weight excluding hydrogens is 318 g/mol. The minimum atomic E-state index is -0.463. The smallest absolute Gasteiger partial charge is 0.259 e. The van der Waals surface area contributed by atoms with Crippen LogP contribution in [0.3, 0.4) is 0 Å². The second-order valence-corrected chi connectivity index (χ2v) is 6.95. The number of benzene rings is 1. The normalized spacial score (nSPS) is 23.5. The number of likely N-dealkylation sites (tertiary alicyclic amines) is 1. The third-order valence-electron chi connectivity index (χ3n) is 5.43. The SMILES string of the molecule is Cc1oncc1C(=O)N1CCCC2(CCN(c3ccccc3)C2=O)C1. The van der Waals surface area contributed by atoms with Gasteiger partial charge in [0.2, 0.25) is 5.91 Å². The molecule has 2 amide bonds. The van der Waals surface area contributed by atoms with Crippen molar-refractivity contribution in [1.82, 2.24) is 10.1 Å². The zero-order chi connectivity index (χ0) is 17.4. The van der Waals surface area contributed by atoms with Gasteiger partial charge in [-0.2, -0.15) is 0 Å². The number of rotatable bonds is 2. The van der Waals surface area contributed by atoms with Crippen LogP contribution in [-0.2, 0) is 4.79 Å². The molecule has 25 heavy (non-hydrogen) atoms. The highest BCUT2D eigenvalue weighted by Crippen LogP contribution is 2.42. The predicted octanol–water partition coefficient (Wildman–Crippen LogP) is 2.64. The van der Waals surface area contributed by atoms with E-state index in [9.17, 15) is 9.59 Å². The van der Waals surface area contributed by atoms with Crippen molar-refractivity contribution in [3.63, 3.8) is 0 Å². The van der Waals surface area contributed by atoms with Gasteiger partial charge in [0, 0.05) is 25.3 Å². The van der Waals surface area contributed by atoms with Crippen molar-refractivity contribution >= 4 is 17.5 Å². The summed E-state index contributed by atoms with van der Waals surface area (Å²) < 4.78 is 5.02. The van der Waals surface area contributed by atoms with Crippen LogP contribution in [0.2, 0.25) is 0 Å². The number of para-hydroxylation sites is 1. The van der Waals surface area contributed by atoms with Gasteiger partial charge in [0.25, 0.3) is 5.91 Å². The van der Waals surface area contributed by atoms with Gasteiger partial charge in [-0.25, -0.2) is 0 Å². The van der Waals surface area contributed by atoms with Gasteiger partial charge in [0.05, 0.1) is 11.6 Å². The first-order valence-electron chi connectivity index (χ1n) is 8.68. The number of amides is 2. The summed E-state index contributed by atoms with van der Waals surface area (Å²) in [6.07, 6.45) is 3.92. The average Bonchev–Trinajstić information content (AvgIpc) is 3.20. The van der Waals surface area contributed by atoms with Gasteiger partial charge in [-0.15, -0.1) is 0 Å². The Morgan fingerprint density at radius 3 is 2.72 bits per heavy atom. The van der Waals surface area contributed by atoms with E-state index in [0.717, 1.165) is 24.9 Å². The van der Waals surface area contributed by atoms with E-state index in [-0.39, 0.29) is 11.8 Å². The molecule has 2 aliphatic heterocycles. The van der Waals surface area contributed by atoms with Gasteiger partial charge in [-0.05, 0) is 38.3 Å². The zero-order valence-corrected chi connectivity index (χ0v) is 14.3. The Morgan fingerprint density at radius 1 is 1.20 bits per heavy atom. The lowest BCUT2D eigenvalue weighted by Crippen LogP contribution is -2.50. The monoisotopic (exact) mass is 339 g/mol. The van der Waals surface area contributed by atoms with Crippen LogP contribution in [0.25, 0.3) is 0 Å². The molecule has 2 aromatic rings. The molecule has 1 aromatic carbocycles. The largest absolute Gasteiger partial charge is 0.361 e. The first-order valence-corrected chi connectivity index (χ1v) is 8.68. The summed E-state index contributed by atoms with van der Waals surface area (Å²) in [6, 6.07) is 9.76. The molecule has 0 bridgehead atoms. The van der Waals surface area contributed by atoms with E-state index in [1.54, 1.807) is 11.8 Å². The quantitative estimate of drug-likeness (QED) is 0.844. The number of nitrogens with zero attached hydrogens (tertiary/aromatic N) is 3. The molecule has 0 N–H and O–H groups in total. The van der Waals surface area contributed by atoms with E-state index >= 15 is 0 Å². The number of aromatic nitrogens is 1. The Hall–Kier alpha value is -2.63.